The van der Waals surface area contributed by atoms with Crippen LogP contribution in [0.1, 0.15) is 52.7 Å². The molecule has 2 amide bonds. The molecule has 3 heterocycles. The minimum atomic E-state index is -0.466. The molecule has 2 aromatic carbocycles. The number of piperidine rings is 1. The van der Waals surface area contributed by atoms with E-state index in [0.29, 0.717) is 48.9 Å². The van der Waals surface area contributed by atoms with Gasteiger partial charge in [0.2, 0.25) is 5.91 Å². The molecule has 6 heteroatoms. The van der Waals surface area contributed by atoms with Crippen LogP contribution in [0.5, 0.6) is 5.75 Å². The van der Waals surface area contributed by atoms with Crippen LogP contribution in [-0.2, 0) is 29.1 Å². The van der Waals surface area contributed by atoms with Crippen LogP contribution in [0.15, 0.2) is 54.7 Å². The van der Waals surface area contributed by atoms with Gasteiger partial charge >= 0.3 is 0 Å². The molecule has 2 fully saturated rings. The van der Waals surface area contributed by atoms with E-state index in [2.05, 4.69) is 36.2 Å². The van der Waals surface area contributed by atoms with Gasteiger partial charge in [-0.2, -0.15) is 0 Å². The van der Waals surface area contributed by atoms with E-state index in [4.69, 9.17) is 9.47 Å². The Balaban J connectivity index is 1.23. The zero-order chi connectivity index (χ0) is 22.8. The largest absolute Gasteiger partial charge is 0.489 e. The topological polar surface area (TPSA) is 67.9 Å². The molecule has 5 rings (SSSR count). The minimum absolute atomic E-state index is 0.111. The highest BCUT2D eigenvalue weighted by Crippen LogP contribution is 2.34. The first-order valence-corrected chi connectivity index (χ1v) is 11.8. The van der Waals surface area contributed by atoms with E-state index >= 15 is 0 Å². The fraction of sp³-hybridized carbons (Fsp3) is 0.407. The fourth-order valence-electron chi connectivity index (χ4n) is 4.99. The van der Waals surface area contributed by atoms with E-state index in [9.17, 15) is 9.59 Å². The predicted molar refractivity (Wildman–Crippen MR) is 125 cm³/mol. The summed E-state index contributed by atoms with van der Waals surface area (Å²) < 4.78 is 11.6. The normalized spacial score (nSPS) is 21.2. The lowest BCUT2D eigenvalue weighted by molar-refractivity contribution is -0.126. The molecular weight excluding hydrogens is 416 g/mol. The highest BCUT2D eigenvalue weighted by atomic mass is 16.5. The number of carbonyl (C=O) groups excluding carboxylic acids is 2. The van der Waals surface area contributed by atoms with E-state index in [0.717, 1.165) is 43.6 Å². The molecule has 0 radical (unpaired) electrons. The van der Waals surface area contributed by atoms with Crippen molar-refractivity contribution in [3.63, 3.8) is 0 Å². The van der Waals surface area contributed by atoms with Gasteiger partial charge < -0.3 is 19.7 Å². The Morgan fingerprint density at radius 2 is 1.79 bits per heavy atom. The lowest BCUT2D eigenvalue weighted by atomic mass is 9.92. The Kier molecular flexibility index (Phi) is 6.18. The molecule has 0 aliphatic carbocycles. The summed E-state index contributed by atoms with van der Waals surface area (Å²) in [6.07, 6.45) is 4.65. The summed E-state index contributed by atoms with van der Waals surface area (Å²) in [4.78, 5) is 27.1. The van der Waals surface area contributed by atoms with E-state index in [1.807, 2.05) is 18.2 Å². The molecule has 1 unspecified atom stereocenters. The Hall–Kier alpha value is -3.12. The zero-order valence-corrected chi connectivity index (χ0v) is 18.8. The van der Waals surface area contributed by atoms with Crippen LogP contribution in [0.3, 0.4) is 0 Å². The van der Waals surface area contributed by atoms with Gasteiger partial charge in [-0.15, -0.1) is 0 Å². The lowest BCUT2D eigenvalue weighted by Gasteiger charge is -2.31. The van der Waals surface area contributed by atoms with Crippen LogP contribution in [0.2, 0.25) is 0 Å². The third-order valence-electron chi connectivity index (χ3n) is 6.93. The number of rotatable bonds is 6. The summed E-state index contributed by atoms with van der Waals surface area (Å²) in [7, 11) is 0. The van der Waals surface area contributed by atoms with E-state index < -0.39 is 6.04 Å². The molecule has 0 bridgehead atoms. The maximum Gasteiger partial charge on any atom is 0.255 e. The second kappa shape index (κ2) is 9.40. The van der Waals surface area contributed by atoms with Crippen molar-refractivity contribution in [2.75, 3.05) is 13.2 Å². The summed E-state index contributed by atoms with van der Waals surface area (Å²) >= 11 is 0. The molecule has 3 aliphatic heterocycles. The van der Waals surface area contributed by atoms with Crippen molar-refractivity contribution < 1.29 is 19.1 Å². The molecule has 1 atom stereocenters. The molecule has 33 heavy (non-hydrogen) atoms. The van der Waals surface area contributed by atoms with E-state index in [1.165, 1.54) is 5.56 Å². The fourth-order valence-corrected chi connectivity index (χ4v) is 4.99. The number of nitrogens with zero attached hydrogens (tertiary/aromatic N) is 1. The van der Waals surface area contributed by atoms with Gasteiger partial charge in [0, 0.05) is 30.0 Å². The molecule has 2 saturated heterocycles. The summed E-state index contributed by atoms with van der Waals surface area (Å²) in [5, 5.41) is 2.78. The van der Waals surface area contributed by atoms with Gasteiger partial charge in [0.05, 0.1) is 6.54 Å². The first-order valence-electron chi connectivity index (χ1n) is 11.8. The number of hydrogen-bond acceptors (Lipinski definition) is 4. The lowest BCUT2D eigenvalue weighted by Crippen LogP contribution is -2.49. The van der Waals surface area contributed by atoms with Crippen LogP contribution < -0.4 is 10.1 Å². The zero-order valence-electron chi connectivity index (χ0n) is 18.8. The number of amides is 2. The van der Waals surface area contributed by atoms with Crippen molar-refractivity contribution in [1.82, 2.24) is 10.2 Å². The highest BCUT2D eigenvalue weighted by molar-refractivity contribution is 6.02. The number of fused-ring (bicyclic) bond motifs is 1. The molecule has 0 spiro atoms. The van der Waals surface area contributed by atoms with E-state index in [-0.39, 0.29) is 11.8 Å². The van der Waals surface area contributed by atoms with Gasteiger partial charge in [0.1, 0.15) is 18.4 Å². The number of benzene rings is 2. The number of carbonyl (C=O) groups is 2. The third-order valence-corrected chi connectivity index (χ3v) is 6.93. The van der Waals surface area contributed by atoms with Crippen LogP contribution in [-0.4, -0.2) is 36.0 Å². The van der Waals surface area contributed by atoms with Crippen LogP contribution in [0, 0.1) is 5.92 Å². The Labute approximate surface area is 194 Å². The molecule has 2 aromatic rings. The Morgan fingerprint density at radius 3 is 2.55 bits per heavy atom. The van der Waals surface area contributed by atoms with Crippen molar-refractivity contribution in [3.05, 3.63) is 77.0 Å². The average molecular weight is 447 g/mol. The summed E-state index contributed by atoms with van der Waals surface area (Å²) in [5.41, 5.74) is 4.63. The van der Waals surface area contributed by atoms with Crippen molar-refractivity contribution in [3.8, 4) is 5.75 Å². The quantitative estimate of drug-likeness (QED) is 0.729. The van der Waals surface area contributed by atoms with Gasteiger partial charge in [-0.3, -0.25) is 9.59 Å². The van der Waals surface area contributed by atoms with Crippen molar-refractivity contribution in [2.45, 2.75) is 51.3 Å². The van der Waals surface area contributed by atoms with Gasteiger partial charge in [-0.05, 0) is 61.3 Å². The number of hydrogen-bond donors (Lipinski definition) is 1. The molecule has 0 aromatic heterocycles. The molecule has 3 aliphatic rings. The molecular formula is C27H30N2O4. The monoisotopic (exact) mass is 446 g/mol. The number of nitrogens with one attached hydrogen (secondary N) is 1. The molecule has 0 saturated carbocycles. The van der Waals surface area contributed by atoms with Crippen LogP contribution in [0.25, 0.3) is 0 Å². The summed E-state index contributed by atoms with van der Waals surface area (Å²) in [6.45, 7) is 6.40. The average Bonchev–Trinajstić information content (AvgIpc) is 3.16. The van der Waals surface area contributed by atoms with Crippen molar-refractivity contribution >= 4 is 11.8 Å². The smallest absolute Gasteiger partial charge is 0.255 e. The minimum Gasteiger partial charge on any atom is -0.489 e. The van der Waals surface area contributed by atoms with Crippen LogP contribution in [0.4, 0.5) is 0 Å². The Bertz CT molecular complexity index is 1060. The van der Waals surface area contributed by atoms with Gasteiger partial charge in [0.15, 0.2) is 0 Å². The SMILES string of the molecule is C=C1CCC(N2Cc3c(OCc4ccc(CC5CCOCC5)cc4)cccc3C2=O)C(=O)N1. The predicted octanol–water partition coefficient (Wildman–Crippen LogP) is 3.98. The molecule has 6 nitrogen and oxygen atoms in total. The molecule has 1 N–H and O–H groups in total. The van der Waals surface area contributed by atoms with Gasteiger partial charge in [0.25, 0.3) is 5.91 Å². The number of allylic oxidation sites excluding steroid dienone is 1. The summed E-state index contributed by atoms with van der Waals surface area (Å²) in [6, 6.07) is 13.7. The van der Waals surface area contributed by atoms with Gasteiger partial charge in [-0.1, -0.05) is 36.9 Å². The standard InChI is InChI=1S/C27H30N2O4/c1-18-5-10-24(26(30)28-18)29-16-23-22(27(29)31)3-2-4-25(23)33-17-21-8-6-19(7-9-21)15-20-11-13-32-14-12-20/h2-4,6-9,20,24H,1,5,10-17H2,(H,28,30). The maximum absolute atomic E-state index is 13.0. The first-order chi connectivity index (χ1) is 16.1. The highest BCUT2D eigenvalue weighted by Gasteiger charge is 2.39. The van der Waals surface area contributed by atoms with Crippen LogP contribution >= 0.6 is 0 Å². The maximum atomic E-state index is 13.0. The van der Waals surface area contributed by atoms with Crippen molar-refractivity contribution in [2.24, 2.45) is 5.92 Å². The Morgan fingerprint density at radius 1 is 1.03 bits per heavy atom. The molecule has 172 valence electrons. The summed E-state index contributed by atoms with van der Waals surface area (Å²) in [5.74, 6) is 1.14. The third kappa shape index (κ3) is 4.67. The first kappa shape index (κ1) is 21.7. The second-order valence-electron chi connectivity index (χ2n) is 9.23. The van der Waals surface area contributed by atoms with Crippen molar-refractivity contribution in [1.29, 1.82) is 0 Å². The second-order valence-corrected chi connectivity index (χ2v) is 9.23. The number of ether oxygens (including phenoxy) is 2. The van der Waals surface area contributed by atoms with E-state index in [1.54, 1.807) is 4.90 Å². The van der Waals surface area contributed by atoms with Gasteiger partial charge in [-0.25, -0.2) is 0 Å².